The number of hydrogen-bond donors (Lipinski definition) is 2. The van der Waals surface area contributed by atoms with Crippen LogP contribution in [-0.4, -0.2) is 65.2 Å². The fraction of sp³-hybridized carbons (Fsp3) is 0.846. The second kappa shape index (κ2) is 6.23. The molecule has 0 radical (unpaired) electrons. The molecule has 2 rings (SSSR count). The molecule has 2 aliphatic heterocycles. The molecular weight excluding hydrogens is 246 g/mol. The van der Waals surface area contributed by atoms with E-state index >= 15 is 0 Å². The molecule has 2 heterocycles. The second-order valence-electron chi connectivity index (χ2n) is 5.38. The van der Waals surface area contributed by atoms with Gasteiger partial charge >= 0.3 is 12.0 Å². The maximum absolute atomic E-state index is 12.1. The summed E-state index contributed by atoms with van der Waals surface area (Å²) in [7, 11) is 0. The van der Waals surface area contributed by atoms with E-state index in [0.717, 1.165) is 39.0 Å². The van der Waals surface area contributed by atoms with Crippen molar-refractivity contribution in [2.75, 3.05) is 26.2 Å². The molecule has 0 aliphatic carbocycles. The zero-order valence-electron chi connectivity index (χ0n) is 11.5. The van der Waals surface area contributed by atoms with Gasteiger partial charge in [-0.25, -0.2) is 9.59 Å². The Hall–Kier alpha value is -1.30. The molecule has 2 N–H and O–H groups in total. The average Bonchev–Trinajstić information content (AvgIpc) is 2.72. The number of amides is 2. The number of nitrogens with one attached hydrogen (secondary N) is 1. The van der Waals surface area contributed by atoms with Crippen LogP contribution in [0.1, 0.15) is 32.6 Å². The summed E-state index contributed by atoms with van der Waals surface area (Å²) >= 11 is 0. The molecule has 2 atom stereocenters. The third kappa shape index (κ3) is 3.37. The zero-order chi connectivity index (χ0) is 13.8. The first-order valence-electron chi connectivity index (χ1n) is 7.14. The highest BCUT2D eigenvalue weighted by Gasteiger charge is 2.31. The van der Waals surface area contributed by atoms with Crippen molar-refractivity contribution in [1.82, 2.24) is 15.1 Å². The highest BCUT2D eigenvalue weighted by molar-refractivity contribution is 5.82. The predicted molar refractivity (Wildman–Crippen MR) is 71.0 cm³/mol. The van der Waals surface area contributed by atoms with E-state index in [1.807, 2.05) is 0 Å². The molecule has 2 saturated heterocycles. The van der Waals surface area contributed by atoms with Gasteiger partial charge in [0.25, 0.3) is 0 Å². The number of carboxylic acids is 1. The number of nitrogens with zero attached hydrogens (tertiary/aromatic N) is 2. The van der Waals surface area contributed by atoms with E-state index in [1.54, 1.807) is 11.8 Å². The highest BCUT2D eigenvalue weighted by atomic mass is 16.4. The van der Waals surface area contributed by atoms with E-state index in [0.29, 0.717) is 12.5 Å². The fourth-order valence-corrected chi connectivity index (χ4v) is 2.97. The molecule has 0 aromatic heterocycles. The number of carboxylic acid groups (broad SMARTS) is 1. The van der Waals surface area contributed by atoms with Crippen molar-refractivity contribution in [2.24, 2.45) is 0 Å². The van der Waals surface area contributed by atoms with Crippen LogP contribution in [0.25, 0.3) is 0 Å². The van der Waals surface area contributed by atoms with Gasteiger partial charge in [0.2, 0.25) is 0 Å². The molecule has 0 saturated carbocycles. The number of rotatable bonds is 3. The van der Waals surface area contributed by atoms with Gasteiger partial charge < -0.3 is 15.3 Å². The van der Waals surface area contributed by atoms with Gasteiger partial charge in [-0.15, -0.1) is 0 Å². The first-order valence-corrected chi connectivity index (χ1v) is 7.14. The lowest BCUT2D eigenvalue weighted by atomic mass is 10.2. The number of hydrogen-bond acceptors (Lipinski definition) is 3. The van der Waals surface area contributed by atoms with Gasteiger partial charge in [0.1, 0.15) is 6.04 Å². The Morgan fingerprint density at radius 1 is 1.32 bits per heavy atom. The summed E-state index contributed by atoms with van der Waals surface area (Å²) in [5.74, 6) is -0.965. The van der Waals surface area contributed by atoms with Crippen molar-refractivity contribution >= 4 is 12.0 Å². The molecule has 2 amide bonds. The molecule has 0 aromatic carbocycles. The molecular formula is C13H23N3O3. The minimum atomic E-state index is -0.965. The number of carbonyl (C=O) groups excluding carboxylic acids is 1. The molecule has 2 unspecified atom stereocenters. The van der Waals surface area contributed by atoms with Gasteiger partial charge in [0.05, 0.1) is 0 Å². The Morgan fingerprint density at radius 3 is 2.74 bits per heavy atom. The van der Waals surface area contributed by atoms with E-state index in [2.05, 4.69) is 10.2 Å². The van der Waals surface area contributed by atoms with Crippen LogP contribution in [0.2, 0.25) is 0 Å². The van der Waals surface area contributed by atoms with E-state index in [4.69, 9.17) is 5.11 Å². The molecule has 6 heteroatoms. The minimum Gasteiger partial charge on any atom is -0.480 e. The molecule has 6 nitrogen and oxygen atoms in total. The molecule has 0 aromatic rings. The largest absolute Gasteiger partial charge is 0.480 e. The highest BCUT2D eigenvalue weighted by Crippen LogP contribution is 2.21. The number of carbonyl (C=O) groups is 2. The summed E-state index contributed by atoms with van der Waals surface area (Å²) in [6.07, 6.45) is 3.71. The summed E-state index contributed by atoms with van der Waals surface area (Å²) in [5, 5.41) is 11.6. The third-order valence-corrected chi connectivity index (χ3v) is 4.09. The van der Waals surface area contributed by atoms with Gasteiger partial charge in [-0.1, -0.05) is 6.92 Å². The Morgan fingerprint density at radius 2 is 2.05 bits per heavy atom. The molecule has 108 valence electrons. The molecule has 2 fully saturated rings. The Labute approximate surface area is 113 Å². The summed E-state index contributed by atoms with van der Waals surface area (Å²) in [6.45, 7) is 5.38. The lowest BCUT2D eigenvalue weighted by Gasteiger charge is -2.27. The maximum Gasteiger partial charge on any atom is 0.326 e. The SMILES string of the molecule is CCC(NC(=O)N1CCCN2CCCC2C1)C(=O)O. The summed E-state index contributed by atoms with van der Waals surface area (Å²) in [4.78, 5) is 27.3. The van der Waals surface area contributed by atoms with Crippen molar-refractivity contribution in [1.29, 1.82) is 0 Å². The fourth-order valence-electron chi connectivity index (χ4n) is 2.97. The normalized spacial score (nSPS) is 25.5. The van der Waals surface area contributed by atoms with Gasteiger partial charge in [-0.3, -0.25) is 4.90 Å². The van der Waals surface area contributed by atoms with Crippen LogP contribution in [0.15, 0.2) is 0 Å². The van der Waals surface area contributed by atoms with Crippen molar-refractivity contribution in [2.45, 2.75) is 44.7 Å². The van der Waals surface area contributed by atoms with Crippen molar-refractivity contribution in [3.8, 4) is 0 Å². The van der Waals surface area contributed by atoms with Crippen LogP contribution in [-0.2, 0) is 4.79 Å². The van der Waals surface area contributed by atoms with E-state index in [-0.39, 0.29) is 6.03 Å². The van der Waals surface area contributed by atoms with Gasteiger partial charge in [0, 0.05) is 25.7 Å². The van der Waals surface area contributed by atoms with Gasteiger partial charge in [-0.05, 0) is 32.2 Å². The molecule has 2 aliphatic rings. The minimum absolute atomic E-state index is 0.233. The van der Waals surface area contributed by atoms with Crippen LogP contribution >= 0.6 is 0 Å². The molecule has 0 bridgehead atoms. The number of urea groups is 1. The monoisotopic (exact) mass is 269 g/mol. The van der Waals surface area contributed by atoms with Crippen LogP contribution < -0.4 is 5.32 Å². The second-order valence-corrected chi connectivity index (χ2v) is 5.38. The lowest BCUT2D eigenvalue weighted by molar-refractivity contribution is -0.139. The van der Waals surface area contributed by atoms with Gasteiger partial charge in [-0.2, -0.15) is 0 Å². The number of aliphatic carboxylic acids is 1. The zero-order valence-corrected chi connectivity index (χ0v) is 11.5. The molecule has 0 spiro atoms. The molecule has 19 heavy (non-hydrogen) atoms. The topological polar surface area (TPSA) is 72.9 Å². The third-order valence-electron chi connectivity index (χ3n) is 4.09. The van der Waals surface area contributed by atoms with Crippen LogP contribution in [0.5, 0.6) is 0 Å². The van der Waals surface area contributed by atoms with E-state index in [9.17, 15) is 9.59 Å². The average molecular weight is 269 g/mol. The maximum atomic E-state index is 12.1. The van der Waals surface area contributed by atoms with Crippen LogP contribution in [0.3, 0.4) is 0 Å². The van der Waals surface area contributed by atoms with Crippen molar-refractivity contribution in [3.63, 3.8) is 0 Å². The summed E-state index contributed by atoms with van der Waals surface area (Å²) < 4.78 is 0. The number of fused-ring (bicyclic) bond motifs is 1. The van der Waals surface area contributed by atoms with Gasteiger partial charge in [0.15, 0.2) is 0 Å². The van der Waals surface area contributed by atoms with E-state index < -0.39 is 12.0 Å². The Balaban J connectivity index is 1.92. The van der Waals surface area contributed by atoms with Crippen LogP contribution in [0.4, 0.5) is 4.79 Å². The Kier molecular flexibility index (Phi) is 4.63. The van der Waals surface area contributed by atoms with Crippen molar-refractivity contribution < 1.29 is 14.7 Å². The summed E-state index contributed by atoms with van der Waals surface area (Å²) in [6, 6.07) is -0.559. The smallest absolute Gasteiger partial charge is 0.326 e. The van der Waals surface area contributed by atoms with Crippen molar-refractivity contribution in [3.05, 3.63) is 0 Å². The standard InChI is InChI=1S/C13H23N3O3/c1-2-11(12(17)18)14-13(19)16-8-4-7-15-6-3-5-10(15)9-16/h10-11H,2-9H2,1H3,(H,14,19)(H,17,18). The first kappa shape index (κ1) is 14.1. The van der Waals surface area contributed by atoms with Crippen LogP contribution in [0, 0.1) is 0 Å². The summed E-state index contributed by atoms with van der Waals surface area (Å²) in [5.41, 5.74) is 0. The van der Waals surface area contributed by atoms with E-state index in [1.165, 1.54) is 6.42 Å². The quantitative estimate of drug-likeness (QED) is 0.792. The Bertz CT molecular complexity index is 348. The predicted octanol–water partition coefficient (Wildman–Crippen LogP) is 0.729. The first-order chi connectivity index (χ1) is 9.11. The lowest BCUT2D eigenvalue weighted by Crippen LogP contribution is -2.49.